The second-order valence-corrected chi connectivity index (χ2v) is 3.13. The number of hydrogen-bond donors (Lipinski definition) is 0. The first-order valence-electron chi connectivity index (χ1n) is 2.95. The van der Waals surface area contributed by atoms with Gasteiger partial charge in [0.05, 0.1) is 0 Å². The predicted molar refractivity (Wildman–Crippen MR) is 36.1 cm³/mol. The highest BCUT2D eigenvalue weighted by atomic mass is 32.2. The van der Waals surface area contributed by atoms with Crippen molar-refractivity contribution in [2.24, 2.45) is 5.92 Å². The topological polar surface area (TPSA) is 17.1 Å². The van der Waals surface area contributed by atoms with Crippen molar-refractivity contribution in [1.29, 1.82) is 0 Å². The van der Waals surface area contributed by atoms with Gasteiger partial charge in [-0.05, 0) is 0 Å². The van der Waals surface area contributed by atoms with E-state index >= 15 is 0 Å². The number of rotatable bonds is 2. The summed E-state index contributed by atoms with van der Waals surface area (Å²) in [6, 6.07) is 0. The Bertz CT molecular complexity index is 96.7. The van der Waals surface area contributed by atoms with E-state index in [2.05, 4.69) is 0 Å². The lowest BCUT2D eigenvalue weighted by Gasteiger charge is -2.22. The Hall–Kier alpha value is 0.0200. The number of Topliss-reactive ketones (excluding diaryl/α,β-unsaturated/α-hetero) is 1. The number of ketones is 1. The maximum absolute atomic E-state index is 10.8. The molecular weight excluding hydrogens is 120 g/mol. The molecule has 0 atom stereocenters. The van der Waals surface area contributed by atoms with Gasteiger partial charge in [-0.2, -0.15) is 11.8 Å². The fourth-order valence-electron chi connectivity index (χ4n) is 0.710. The second kappa shape index (κ2) is 2.53. The molecule has 0 N–H and O–H groups in total. The largest absolute Gasteiger partial charge is 0.299 e. The van der Waals surface area contributed by atoms with Gasteiger partial charge in [0.1, 0.15) is 5.78 Å². The molecule has 1 heterocycles. The fourth-order valence-corrected chi connectivity index (χ4v) is 1.55. The van der Waals surface area contributed by atoms with Crippen LogP contribution in [0.5, 0.6) is 0 Å². The van der Waals surface area contributed by atoms with Gasteiger partial charge in [0, 0.05) is 23.8 Å². The number of carbonyl (C=O) groups is 1. The van der Waals surface area contributed by atoms with E-state index in [1.807, 2.05) is 18.7 Å². The predicted octanol–water partition coefficient (Wildman–Crippen LogP) is 1.33. The van der Waals surface area contributed by atoms with Crippen LogP contribution in [0.1, 0.15) is 13.3 Å². The third-order valence-corrected chi connectivity index (χ3v) is 2.72. The Labute approximate surface area is 53.8 Å². The van der Waals surface area contributed by atoms with Crippen molar-refractivity contribution in [3.63, 3.8) is 0 Å². The smallest absolute Gasteiger partial charge is 0.137 e. The molecule has 1 saturated heterocycles. The maximum Gasteiger partial charge on any atom is 0.137 e. The van der Waals surface area contributed by atoms with Gasteiger partial charge in [-0.15, -0.1) is 0 Å². The highest BCUT2D eigenvalue weighted by Gasteiger charge is 2.23. The monoisotopic (exact) mass is 130 g/mol. The van der Waals surface area contributed by atoms with Crippen molar-refractivity contribution < 1.29 is 4.79 Å². The van der Waals surface area contributed by atoms with E-state index in [9.17, 15) is 4.79 Å². The Morgan fingerprint density at radius 1 is 1.75 bits per heavy atom. The molecule has 46 valence electrons. The van der Waals surface area contributed by atoms with Crippen LogP contribution in [0.15, 0.2) is 0 Å². The molecule has 0 bridgehead atoms. The minimum atomic E-state index is 0.421. The SMILES string of the molecule is CCC(=O)C1CSC1. The van der Waals surface area contributed by atoms with E-state index in [0.29, 0.717) is 11.7 Å². The molecule has 2 heteroatoms. The Kier molecular flexibility index (Phi) is 1.95. The van der Waals surface area contributed by atoms with E-state index in [0.717, 1.165) is 17.9 Å². The Balaban J connectivity index is 2.24. The van der Waals surface area contributed by atoms with Gasteiger partial charge in [-0.25, -0.2) is 0 Å². The third-order valence-electron chi connectivity index (χ3n) is 1.44. The van der Waals surface area contributed by atoms with Crippen LogP contribution in [0.25, 0.3) is 0 Å². The molecule has 8 heavy (non-hydrogen) atoms. The first-order valence-corrected chi connectivity index (χ1v) is 4.10. The van der Waals surface area contributed by atoms with Gasteiger partial charge in [0.15, 0.2) is 0 Å². The van der Waals surface area contributed by atoms with Crippen LogP contribution in [0.4, 0.5) is 0 Å². The molecule has 0 spiro atoms. The van der Waals surface area contributed by atoms with Gasteiger partial charge < -0.3 is 0 Å². The van der Waals surface area contributed by atoms with Gasteiger partial charge in [-0.1, -0.05) is 6.92 Å². The summed E-state index contributed by atoms with van der Waals surface area (Å²) in [5.74, 6) is 3.02. The average molecular weight is 130 g/mol. The molecular formula is C6H10OS. The molecule has 1 aliphatic rings. The van der Waals surface area contributed by atoms with Crippen LogP contribution in [0.3, 0.4) is 0 Å². The first kappa shape index (κ1) is 6.14. The first-order chi connectivity index (χ1) is 3.84. The maximum atomic E-state index is 10.8. The summed E-state index contributed by atoms with van der Waals surface area (Å²) < 4.78 is 0. The van der Waals surface area contributed by atoms with Crippen molar-refractivity contribution in [2.45, 2.75) is 13.3 Å². The Morgan fingerprint density at radius 2 is 2.38 bits per heavy atom. The molecule has 0 radical (unpaired) electrons. The van der Waals surface area contributed by atoms with Crippen LogP contribution in [-0.2, 0) is 4.79 Å². The lowest BCUT2D eigenvalue weighted by atomic mass is 10.1. The zero-order valence-corrected chi connectivity index (χ0v) is 5.83. The molecule has 1 nitrogen and oxygen atoms in total. The van der Waals surface area contributed by atoms with Crippen LogP contribution in [0, 0.1) is 5.92 Å². The van der Waals surface area contributed by atoms with Crippen LogP contribution in [0.2, 0.25) is 0 Å². The van der Waals surface area contributed by atoms with E-state index in [4.69, 9.17) is 0 Å². The Morgan fingerprint density at radius 3 is 2.50 bits per heavy atom. The van der Waals surface area contributed by atoms with Crippen LogP contribution >= 0.6 is 11.8 Å². The van der Waals surface area contributed by atoms with Crippen molar-refractivity contribution in [1.82, 2.24) is 0 Å². The van der Waals surface area contributed by atoms with Gasteiger partial charge in [-0.3, -0.25) is 4.79 Å². The van der Waals surface area contributed by atoms with Gasteiger partial charge in [0.25, 0.3) is 0 Å². The summed E-state index contributed by atoms with van der Waals surface area (Å²) in [5, 5.41) is 0. The molecule has 1 rings (SSSR count). The van der Waals surface area contributed by atoms with Gasteiger partial charge >= 0.3 is 0 Å². The molecule has 0 aliphatic carbocycles. The standard InChI is InChI=1S/C6H10OS/c1-2-6(7)5-3-8-4-5/h5H,2-4H2,1H3. The zero-order valence-electron chi connectivity index (χ0n) is 5.02. The molecule has 0 aromatic rings. The summed E-state index contributed by atoms with van der Waals surface area (Å²) in [6.07, 6.45) is 0.727. The normalized spacial score (nSPS) is 20.1. The quantitative estimate of drug-likeness (QED) is 0.561. The average Bonchev–Trinajstić information content (AvgIpc) is 1.62. The molecule has 1 aliphatic heterocycles. The molecule has 0 amide bonds. The molecule has 0 unspecified atom stereocenters. The minimum Gasteiger partial charge on any atom is -0.299 e. The summed E-state index contributed by atoms with van der Waals surface area (Å²) in [5.41, 5.74) is 0. The number of carbonyl (C=O) groups excluding carboxylic acids is 1. The van der Waals surface area contributed by atoms with E-state index in [1.165, 1.54) is 0 Å². The third kappa shape index (κ3) is 1.05. The number of thioether (sulfide) groups is 1. The lowest BCUT2D eigenvalue weighted by molar-refractivity contribution is -0.121. The summed E-state index contributed by atoms with van der Waals surface area (Å²) >= 11 is 1.87. The van der Waals surface area contributed by atoms with Crippen molar-refractivity contribution in [3.8, 4) is 0 Å². The van der Waals surface area contributed by atoms with Gasteiger partial charge in [0.2, 0.25) is 0 Å². The van der Waals surface area contributed by atoms with E-state index in [1.54, 1.807) is 0 Å². The zero-order chi connectivity index (χ0) is 5.98. The summed E-state index contributed by atoms with van der Waals surface area (Å²) in [7, 11) is 0. The van der Waals surface area contributed by atoms with E-state index in [-0.39, 0.29) is 0 Å². The number of hydrogen-bond acceptors (Lipinski definition) is 2. The summed E-state index contributed by atoms with van der Waals surface area (Å²) in [6.45, 7) is 1.94. The highest BCUT2D eigenvalue weighted by molar-refractivity contribution is 8.00. The molecule has 0 aromatic heterocycles. The fraction of sp³-hybridized carbons (Fsp3) is 0.833. The molecule has 0 aromatic carbocycles. The van der Waals surface area contributed by atoms with Crippen molar-refractivity contribution in [2.75, 3.05) is 11.5 Å². The van der Waals surface area contributed by atoms with Crippen molar-refractivity contribution in [3.05, 3.63) is 0 Å². The highest BCUT2D eigenvalue weighted by Crippen LogP contribution is 2.25. The van der Waals surface area contributed by atoms with Crippen molar-refractivity contribution >= 4 is 17.5 Å². The van der Waals surface area contributed by atoms with E-state index < -0.39 is 0 Å². The minimum absolute atomic E-state index is 0.421. The molecule has 1 fully saturated rings. The van der Waals surface area contributed by atoms with Crippen LogP contribution < -0.4 is 0 Å². The summed E-state index contributed by atoms with van der Waals surface area (Å²) in [4.78, 5) is 10.8. The second-order valence-electron chi connectivity index (χ2n) is 2.05. The molecule has 0 saturated carbocycles. The van der Waals surface area contributed by atoms with Crippen LogP contribution in [-0.4, -0.2) is 17.3 Å². The lowest BCUT2D eigenvalue weighted by Crippen LogP contribution is -2.26.